The molecule has 2 N–H and O–H groups in total. The van der Waals surface area contributed by atoms with E-state index in [4.69, 9.17) is 11.6 Å². The largest absolute Gasteiger partial charge is 0.362 e. The molecule has 0 spiro atoms. The molecule has 2 heterocycles. The Labute approximate surface area is 111 Å². The highest BCUT2D eigenvalue weighted by molar-refractivity contribution is 6.70. The first-order chi connectivity index (χ1) is 8.74. The Hall–Kier alpha value is -1.74. The fourth-order valence-electron chi connectivity index (χ4n) is 2.22. The Balaban J connectivity index is 1.94. The third-order valence-corrected chi connectivity index (χ3v) is 3.35. The van der Waals surface area contributed by atoms with Gasteiger partial charge in [-0.15, -0.1) is 0 Å². The molecular weight excluding hydrogens is 246 g/mol. The van der Waals surface area contributed by atoms with Crippen LogP contribution in [0.1, 0.15) is 23.7 Å². The number of rotatable bonds is 2. The molecule has 1 aliphatic rings. The first kappa shape index (κ1) is 11.4. The number of halogens is 1. The second kappa shape index (κ2) is 4.50. The van der Waals surface area contributed by atoms with Gasteiger partial charge in [0.05, 0.1) is 11.4 Å². The van der Waals surface area contributed by atoms with E-state index in [1.165, 1.54) is 11.1 Å². The fourth-order valence-corrected chi connectivity index (χ4v) is 2.52. The number of aliphatic imine (C=N–C) groups is 1. The molecule has 0 radical (unpaired) electrons. The van der Waals surface area contributed by atoms with Gasteiger partial charge >= 0.3 is 0 Å². The lowest BCUT2D eigenvalue weighted by molar-refractivity contribution is 0.843. The van der Waals surface area contributed by atoms with Crippen LogP contribution in [-0.4, -0.2) is 16.3 Å². The molecule has 1 atom stereocenters. The lowest BCUT2D eigenvalue weighted by atomic mass is 10.1. The third-order valence-electron chi connectivity index (χ3n) is 3.07. The van der Waals surface area contributed by atoms with Crippen molar-refractivity contribution in [1.82, 2.24) is 4.98 Å². The number of nitrogens with zero attached hydrogens (tertiary/aromatic N) is 1. The Morgan fingerprint density at radius 1 is 1.28 bits per heavy atom. The Morgan fingerprint density at radius 2 is 2.06 bits per heavy atom. The van der Waals surface area contributed by atoms with Gasteiger partial charge in [0, 0.05) is 12.6 Å². The number of fused-ring (bicyclic) bond motifs is 1. The minimum Gasteiger partial charge on any atom is -0.362 e. The number of aromatic amines is 1. The molecule has 92 valence electrons. The maximum absolute atomic E-state index is 6.14. The van der Waals surface area contributed by atoms with Crippen molar-refractivity contribution in [3.8, 4) is 0 Å². The van der Waals surface area contributed by atoms with Crippen molar-refractivity contribution in [2.24, 2.45) is 4.99 Å². The summed E-state index contributed by atoms with van der Waals surface area (Å²) >= 11 is 6.14. The van der Waals surface area contributed by atoms with Crippen LogP contribution in [0.3, 0.4) is 0 Å². The molecule has 1 aromatic heterocycles. The summed E-state index contributed by atoms with van der Waals surface area (Å²) in [5.74, 6) is 0. The van der Waals surface area contributed by atoms with E-state index in [0.717, 1.165) is 17.8 Å². The van der Waals surface area contributed by atoms with Crippen molar-refractivity contribution in [3.05, 3.63) is 53.3 Å². The van der Waals surface area contributed by atoms with Crippen LogP contribution in [0.5, 0.6) is 0 Å². The highest BCUT2D eigenvalue weighted by atomic mass is 35.5. The van der Waals surface area contributed by atoms with Crippen LogP contribution in [0.2, 0.25) is 0 Å². The number of nitrogens with one attached hydrogen (secondary N) is 2. The minimum atomic E-state index is 0.0234. The van der Waals surface area contributed by atoms with Crippen molar-refractivity contribution in [3.63, 3.8) is 0 Å². The summed E-state index contributed by atoms with van der Waals surface area (Å²) in [4.78, 5) is 7.48. The van der Waals surface area contributed by atoms with E-state index in [-0.39, 0.29) is 6.17 Å². The van der Waals surface area contributed by atoms with Crippen LogP contribution in [0.15, 0.2) is 41.5 Å². The average Bonchev–Trinajstić information content (AvgIpc) is 2.74. The number of hydrogen-bond acceptors (Lipinski definition) is 2. The molecule has 0 saturated heterocycles. The summed E-state index contributed by atoms with van der Waals surface area (Å²) in [7, 11) is 0. The summed E-state index contributed by atoms with van der Waals surface area (Å²) in [6.45, 7) is 1.99. The first-order valence-electron chi connectivity index (χ1n) is 5.98. The van der Waals surface area contributed by atoms with E-state index < -0.39 is 0 Å². The predicted molar refractivity (Wildman–Crippen MR) is 75.5 cm³/mol. The number of aromatic nitrogens is 1. The smallest absolute Gasteiger partial charge is 0.151 e. The summed E-state index contributed by atoms with van der Waals surface area (Å²) in [5.41, 5.74) is 4.47. The Morgan fingerprint density at radius 3 is 2.83 bits per heavy atom. The lowest BCUT2D eigenvalue weighted by Gasteiger charge is -2.18. The molecule has 3 nitrogen and oxygen atoms in total. The molecule has 0 fully saturated rings. The van der Waals surface area contributed by atoms with Crippen LogP contribution in [0.25, 0.3) is 0 Å². The van der Waals surface area contributed by atoms with E-state index in [9.17, 15) is 0 Å². The van der Waals surface area contributed by atoms with Gasteiger partial charge < -0.3 is 10.3 Å². The SMILES string of the molecule is CC1N=C(Cl)c2[nH]cc(Cc3ccccc3)c2N1. The zero-order valence-electron chi connectivity index (χ0n) is 10.1. The van der Waals surface area contributed by atoms with Crippen molar-refractivity contribution >= 4 is 22.5 Å². The van der Waals surface area contributed by atoms with Crippen LogP contribution in [0.4, 0.5) is 5.69 Å². The van der Waals surface area contributed by atoms with Gasteiger partial charge in [-0.2, -0.15) is 0 Å². The molecule has 0 bridgehead atoms. The maximum Gasteiger partial charge on any atom is 0.151 e. The Kier molecular flexibility index (Phi) is 2.84. The van der Waals surface area contributed by atoms with Crippen LogP contribution < -0.4 is 5.32 Å². The Bertz CT molecular complexity index is 586. The second-order valence-corrected chi connectivity index (χ2v) is 4.82. The van der Waals surface area contributed by atoms with E-state index >= 15 is 0 Å². The van der Waals surface area contributed by atoms with Gasteiger partial charge in [0.2, 0.25) is 0 Å². The zero-order valence-corrected chi connectivity index (χ0v) is 10.8. The zero-order chi connectivity index (χ0) is 12.5. The highest BCUT2D eigenvalue weighted by Gasteiger charge is 2.20. The normalized spacial score (nSPS) is 17.9. The molecular formula is C14H14ClN3. The van der Waals surface area contributed by atoms with Crippen LogP contribution in [-0.2, 0) is 6.42 Å². The average molecular weight is 260 g/mol. The van der Waals surface area contributed by atoms with E-state index in [2.05, 4.69) is 39.6 Å². The van der Waals surface area contributed by atoms with Gasteiger partial charge in [-0.05, 0) is 18.1 Å². The molecule has 4 heteroatoms. The quantitative estimate of drug-likeness (QED) is 0.853. The highest BCUT2D eigenvalue weighted by Crippen LogP contribution is 2.29. The van der Waals surface area contributed by atoms with Crippen LogP contribution in [0, 0.1) is 0 Å². The van der Waals surface area contributed by atoms with Gasteiger partial charge in [-0.3, -0.25) is 0 Å². The van der Waals surface area contributed by atoms with Gasteiger partial charge in [-0.25, -0.2) is 4.99 Å². The van der Waals surface area contributed by atoms with Gasteiger partial charge in [0.25, 0.3) is 0 Å². The second-order valence-electron chi connectivity index (χ2n) is 4.47. The number of H-pyrrole nitrogens is 1. The molecule has 0 saturated carbocycles. The van der Waals surface area contributed by atoms with Crippen molar-refractivity contribution in [1.29, 1.82) is 0 Å². The number of benzene rings is 1. The number of anilines is 1. The standard InChI is InChI=1S/C14H14ClN3/c1-9-17-12-11(7-10-5-3-2-4-6-10)8-16-13(12)14(15)18-9/h2-6,8-9,16-17H,7H2,1H3. The molecule has 2 aromatic rings. The van der Waals surface area contributed by atoms with E-state index in [0.29, 0.717) is 5.17 Å². The van der Waals surface area contributed by atoms with Gasteiger partial charge in [0.1, 0.15) is 6.17 Å². The summed E-state index contributed by atoms with van der Waals surface area (Å²) < 4.78 is 0. The lowest BCUT2D eigenvalue weighted by Crippen LogP contribution is -2.21. The van der Waals surface area contributed by atoms with Crippen molar-refractivity contribution < 1.29 is 0 Å². The van der Waals surface area contributed by atoms with Crippen molar-refractivity contribution in [2.75, 3.05) is 5.32 Å². The molecule has 0 amide bonds. The summed E-state index contributed by atoms with van der Waals surface area (Å²) in [6.07, 6.45) is 2.91. The first-order valence-corrected chi connectivity index (χ1v) is 6.36. The summed E-state index contributed by atoms with van der Waals surface area (Å²) in [6, 6.07) is 10.4. The van der Waals surface area contributed by atoms with E-state index in [1.807, 2.05) is 19.2 Å². The third kappa shape index (κ3) is 2.02. The number of hydrogen-bond donors (Lipinski definition) is 2. The molecule has 18 heavy (non-hydrogen) atoms. The summed E-state index contributed by atoms with van der Waals surface area (Å²) in [5, 5.41) is 3.91. The maximum atomic E-state index is 6.14. The van der Waals surface area contributed by atoms with Gasteiger partial charge in [0.15, 0.2) is 5.17 Å². The fraction of sp³-hybridized carbons (Fsp3) is 0.214. The molecule has 1 aromatic carbocycles. The molecule has 1 unspecified atom stereocenters. The monoisotopic (exact) mass is 259 g/mol. The van der Waals surface area contributed by atoms with Crippen LogP contribution >= 0.6 is 11.6 Å². The van der Waals surface area contributed by atoms with E-state index in [1.54, 1.807) is 0 Å². The molecule has 0 aliphatic carbocycles. The molecule has 1 aliphatic heterocycles. The van der Waals surface area contributed by atoms with Crippen molar-refractivity contribution in [2.45, 2.75) is 19.5 Å². The van der Waals surface area contributed by atoms with Gasteiger partial charge in [-0.1, -0.05) is 41.9 Å². The minimum absolute atomic E-state index is 0.0234. The topological polar surface area (TPSA) is 40.2 Å². The molecule has 3 rings (SSSR count). The predicted octanol–water partition coefficient (Wildman–Crippen LogP) is 3.36.